The molecular formula is C15H22N6. The van der Waals surface area contributed by atoms with E-state index >= 15 is 0 Å². The summed E-state index contributed by atoms with van der Waals surface area (Å²) < 4.78 is 1.64. The van der Waals surface area contributed by atoms with Gasteiger partial charge in [-0.1, -0.05) is 25.5 Å². The van der Waals surface area contributed by atoms with Crippen LogP contribution in [0.1, 0.15) is 38.7 Å². The molecule has 112 valence electrons. The second kappa shape index (κ2) is 6.39. The Kier molecular flexibility index (Phi) is 4.57. The third-order valence-electron chi connectivity index (χ3n) is 3.24. The van der Waals surface area contributed by atoms with Gasteiger partial charge in [0.05, 0.1) is 5.56 Å². The van der Waals surface area contributed by atoms with Crippen LogP contribution in [0.15, 0.2) is 39.6 Å². The number of nitrogen functional groups attached to an aromatic ring is 1. The number of nitrogens with two attached hydrogens (primary N) is 2. The maximum atomic E-state index is 5.98. The lowest BCUT2D eigenvalue weighted by molar-refractivity contribution is 0.772. The normalized spacial score (nSPS) is 17.3. The fraction of sp³-hybridized carbons (Fsp3) is 0.400. The predicted octanol–water partition coefficient (Wildman–Crippen LogP) is 2.14. The van der Waals surface area contributed by atoms with Gasteiger partial charge in [0.1, 0.15) is 5.70 Å². The van der Waals surface area contributed by atoms with Crippen molar-refractivity contribution in [1.82, 2.24) is 9.78 Å². The number of hydrogen-bond acceptors (Lipinski definition) is 5. The maximum Gasteiger partial charge on any atom is 0.167 e. The van der Waals surface area contributed by atoms with Gasteiger partial charge in [-0.05, 0) is 25.3 Å². The highest BCUT2D eigenvalue weighted by Gasteiger charge is 2.20. The zero-order valence-electron chi connectivity index (χ0n) is 12.8. The van der Waals surface area contributed by atoms with Crippen LogP contribution in [-0.2, 0) is 7.05 Å². The van der Waals surface area contributed by atoms with Crippen LogP contribution in [-0.4, -0.2) is 21.5 Å². The molecule has 0 saturated carbocycles. The minimum absolute atomic E-state index is 0.412. The lowest BCUT2D eigenvalue weighted by Crippen LogP contribution is -2.12. The van der Waals surface area contributed by atoms with Crippen molar-refractivity contribution in [1.29, 1.82) is 0 Å². The summed E-state index contributed by atoms with van der Waals surface area (Å²) in [6.07, 6.45) is 9.18. The Bertz CT molecular complexity index is 645. The summed E-state index contributed by atoms with van der Waals surface area (Å²) in [4.78, 5) is 8.82. The highest BCUT2D eigenvalue weighted by molar-refractivity contribution is 6.18. The molecule has 2 heterocycles. The first-order chi connectivity index (χ1) is 10.0. The van der Waals surface area contributed by atoms with E-state index in [1.807, 2.05) is 14.0 Å². The van der Waals surface area contributed by atoms with E-state index in [2.05, 4.69) is 34.2 Å². The van der Waals surface area contributed by atoms with Crippen LogP contribution in [0.4, 0.5) is 5.82 Å². The number of allylic oxidation sites excluding steroid dienone is 3. The Morgan fingerprint density at radius 2 is 2.05 bits per heavy atom. The number of unbranched alkanes of at least 4 members (excludes halogenated alkanes) is 1. The Hall–Kier alpha value is -2.37. The minimum Gasteiger partial charge on any atom is -0.382 e. The average Bonchev–Trinajstić information content (AvgIpc) is 2.97. The van der Waals surface area contributed by atoms with E-state index in [0.717, 1.165) is 30.5 Å². The Labute approximate surface area is 125 Å². The lowest BCUT2D eigenvalue weighted by atomic mass is 10.1. The second-order valence-corrected chi connectivity index (χ2v) is 5.13. The van der Waals surface area contributed by atoms with Crippen LogP contribution >= 0.6 is 0 Å². The van der Waals surface area contributed by atoms with Gasteiger partial charge < -0.3 is 11.5 Å². The predicted molar refractivity (Wildman–Crippen MR) is 87.1 cm³/mol. The molecule has 0 spiro atoms. The number of rotatable bonds is 5. The molecule has 0 aliphatic carbocycles. The molecule has 0 saturated heterocycles. The maximum absolute atomic E-state index is 5.98. The third-order valence-corrected chi connectivity index (χ3v) is 3.24. The fourth-order valence-electron chi connectivity index (χ4n) is 2.11. The van der Waals surface area contributed by atoms with Crippen molar-refractivity contribution in [3.05, 3.63) is 35.2 Å². The van der Waals surface area contributed by atoms with E-state index in [4.69, 9.17) is 11.5 Å². The molecule has 0 atom stereocenters. The van der Waals surface area contributed by atoms with E-state index in [1.54, 1.807) is 10.9 Å². The molecule has 6 nitrogen and oxygen atoms in total. The first-order valence-corrected chi connectivity index (χ1v) is 7.10. The molecule has 1 aliphatic rings. The van der Waals surface area contributed by atoms with E-state index in [9.17, 15) is 0 Å². The van der Waals surface area contributed by atoms with Gasteiger partial charge in [-0.15, -0.1) is 0 Å². The van der Waals surface area contributed by atoms with Gasteiger partial charge >= 0.3 is 0 Å². The van der Waals surface area contributed by atoms with Crippen molar-refractivity contribution >= 4 is 17.5 Å². The number of amidine groups is 2. The smallest absolute Gasteiger partial charge is 0.167 e. The molecule has 6 heteroatoms. The zero-order chi connectivity index (χ0) is 15.4. The summed E-state index contributed by atoms with van der Waals surface area (Å²) >= 11 is 0. The minimum atomic E-state index is 0.412. The number of aromatic nitrogens is 2. The monoisotopic (exact) mass is 286 g/mol. The molecule has 1 aromatic heterocycles. The number of hydrogen-bond donors (Lipinski definition) is 2. The first-order valence-electron chi connectivity index (χ1n) is 7.10. The second-order valence-electron chi connectivity index (χ2n) is 5.13. The Balaban J connectivity index is 2.23. The molecule has 21 heavy (non-hydrogen) atoms. The van der Waals surface area contributed by atoms with Crippen LogP contribution < -0.4 is 11.5 Å². The number of anilines is 1. The summed E-state index contributed by atoms with van der Waals surface area (Å²) in [6, 6.07) is 0. The van der Waals surface area contributed by atoms with E-state index in [-0.39, 0.29) is 0 Å². The van der Waals surface area contributed by atoms with Gasteiger partial charge in [0.25, 0.3) is 0 Å². The molecule has 2 rings (SSSR count). The van der Waals surface area contributed by atoms with Gasteiger partial charge in [-0.2, -0.15) is 5.10 Å². The third kappa shape index (κ3) is 3.39. The molecule has 1 aromatic rings. The quantitative estimate of drug-likeness (QED) is 0.812. The summed E-state index contributed by atoms with van der Waals surface area (Å²) in [7, 11) is 1.81. The molecule has 0 radical (unpaired) electrons. The van der Waals surface area contributed by atoms with Crippen LogP contribution in [0.2, 0.25) is 0 Å². The molecule has 4 N–H and O–H groups in total. The molecule has 0 unspecified atom stereocenters. The molecule has 0 fully saturated rings. The number of aliphatic imine (C=N–C) groups is 2. The Morgan fingerprint density at radius 3 is 2.67 bits per heavy atom. The van der Waals surface area contributed by atoms with Gasteiger partial charge in [-0.3, -0.25) is 4.68 Å². The number of nitrogens with zero attached hydrogens (tertiary/aromatic N) is 4. The van der Waals surface area contributed by atoms with Crippen molar-refractivity contribution in [3.63, 3.8) is 0 Å². The van der Waals surface area contributed by atoms with Crippen molar-refractivity contribution < 1.29 is 0 Å². The highest BCUT2D eigenvalue weighted by atomic mass is 15.3. The molecule has 0 aromatic carbocycles. The van der Waals surface area contributed by atoms with Crippen LogP contribution in [0, 0.1) is 0 Å². The fourth-order valence-corrected chi connectivity index (χ4v) is 2.11. The summed E-state index contributed by atoms with van der Waals surface area (Å²) in [5, 5.41) is 4.10. The van der Waals surface area contributed by atoms with Crippen molar-refractivity contribution in [2.24, 2.45) is 22.8 Å². The topological polar surface area (TPSA) is 94.6 Å². The van der Waals surface area contributed by atoms with E-state index < -0.39 is 0 Å². The molecule has 0 amide bonds. The highest BCUT2D eigenvalue weighted by Crippen LogP contribution is 2.21. The summed E-state index contributed by atoms with van der Waals surface area (Å²) in [5.74, 6) is 1.38. The molecule has 0 bridgehead atoms. The van der Waals surface area contributed by atoms with Crippen LogP contribution in [0.3, 0.4) is 0 Å². The van der Waals surface area contributed by atoms with E-state index in [1.165, 1.54) is 0 Å². The Morgan fingerprint density at radius 1 is 1.29 bits per heavy atom. The standard InChI is InChI=1S/C15H22N6/c1-4-5-6-7-8-10(2)12-14(17)19-15(18-12)11-9-21(3)20-13(11)16/h6-7,9H,4-5,8H2,1-3H3,(H2,16,20)(H2,17,18,19)/b7-6-,12-10-. The van der Waals surface area contributed by atoms with Gasteiger partial charge in [0, 0.05) is 13.2 Å². The molecular weight excluding hydrogens is 264 g/mol. The summed E-state index contributed by atoms with van der Waals surface area (Å²) in [6.45, 7) is 4.18. The number of aryl methyl sites for hydroxylation is 1. The van der Waals surface area contributed by atoms with Gasteiger partial charge in [0.2, 0.25) is 0 Å². The van der Waals surface area contributed by atoms with Crippen molar-refractivity contribution in [2.75, 3.05) is 5.73 Å². The van der Waals surface area contributed by atoms with Gasteiger partial charge in [0.15, 0.2) is 17.5 Å². The van der Waals surface area contributed by atoms with Gasteiger partial charge in [-0.25, -0.2) is 9.98 Å². The summed E-state index contributed by atoms with van der Waals surface area (Å²) in [5.41, 5.74) is 14.4. The van der Waals surface area contributed by atoms with Crippen LogP contribution in [0.5, 0.6) is 0 Å². The first kappa shape index (κ1) is 15.0. The van der Waals surface area contributed by atoms with Crippen molar-refractivity contribution in [3.8, 4) is 0 Å². The zero-order valence-corrected chi connectivity index (χ0v) is 12.8. The largest absolute Gasteiger partial charge is 0.382 e. The SMILES string of the molecule is CCC/C=C\C/C(C)=C1\N=C(c2cn(C)nc2N)N=C1N. The van der Waals surface area contributed by atoms with Crippen LogP contribution in [0.25, 0.3) is 0 Å². The lowest BCUT2D eigenvalue weighted by Gasteiger charge is -2.00. The average molecular weight is 286 g/mol. The van der Waals surface area contributed by atoms with E-state index in [0.29, 0.717) is 23.1 Å². The van der Waals surface area contributed by atoms with Crippen molar-refractivity contribution in [2.45, 2.75) is 33.1 Å². The molecule has 1 aliphatic heterocycles.